The monoisotopic (exact) mass is 429 g/mol. The third-order valence-corrected chi connectivity index (χ3v) is 4.79. The summed E-state index contributed by atoms with van der Waals surface area (Å²) in [7, 11) is 0. The minimum Gasteiger partial charge on any atom is -0.487 e. The van der Waals surface area contributed by atoms with Crippen molar-refractivity contribution in [1.82, 2.24) is 4.98 Å². The van der Waals surface area contributed by atoms with Gasteiger partial charge >= 0.3 is 0 Å². The van der Waals surface area contributed by atoms with Gasteiger partial charge in [0, 0.05) is 10.4 Å². The second kappa shape index (κ2) is 9.38. The molecule has 0 bridgehead atoms. The minimum absolute atomic E-state index is 0.0536. The Morgan fingerprint density at radius 2 is 2.04 bits per heavy atom. The molecule has 0 saturated heterocycles. The molecule has 0 aliphatic heterocycles. The van der Waals surface area contributed by atoms with Crippen molar-refractivity contribution in [2.45, 2.75) is 6.61 Å². The van der Waals surface area contributed by atoms with Crippen LogP contribution in [0.1, 0.15) is 11.3 Å². The van der Waals surface area contributed by atoms with E-state index in [4.69, 9.17) is 27.9 Å². The van der Waals surface area contributed by atoms with Crippen molar-refractivity contribution < 1.29 is 9.53 Å². The van der Waals surface area contributed by atoms with Crippen LogP contribution in [0.4, 0.5) is 5.69 Å². The molecule has 1 N–H and O–H groups in total. The van der Waals surface area contributed by atoms with Crippen LogP contribution in [0.5, 0.6) is 5.75 Å². The lowest BCUT2D eigenvalue weighted by Crippen LogP contribution is -2.13. The molecule has 0 radical (unpaired) electrons. The van der Waals surface area contributed by atoms with Gasteiger partial charge in [0.1, 0.15) is 24.0 Å². The fourth-order valence-corrected chi connectivity index (χ4v) is 3.22. The van der Waals surface area contributed by atoms with Crippen LogP contribution in [-0.4, -0.2) is 10.9 Å². The Kier molecular flexibility index (Phi) is 6.66. The van der Waals surface area contributed by atoms with Crippen molar-refractivity contribution in [2.75, 3.05) is 5.32 Å². The summed E-state index contributed by atoms with van der Waals surface area (Å²) in [6.07, 6.45) is 1.49. The van der Waals surface area contributed by atoms with Gasteiger partial charge in [-0.25, -0.2) is 4.98 Å². The highest BCUT2D eigenvalue weighted by Crippen LogP contribution is 2.26. The van der Waals surface area contributed by atoms with Crippen molar-refractivity contribution in [3.05, 3.63) is 80.2 Å². The van der Waals surface area contributed by atoms with E-state index in [0.29, 0.717) is 33.7 Å². The third-order valence-electron chi connectivity index (χ3n) is 3.61. The molecule has 0 unspecified atom stereocenters. The second-order valence-corrected chi connectivity index (χ2v) is 7.15. The van der Waals surface area contributed by atoms with Crippen LogP contribution in [0.3, 0.4) is 0 Å². The summed E-state index contributed by atoms with van der Waals surface area (Å²) in [5.74, 6) is 0.108. The van der Waals surface area contributed by atoms with Crippen LogP contribution in [-0.2, 0) is 11.4 Å². The number of halogens is 2. The Bertz CT molecular complexity index is 1040. The molecule has 140 valence electrons. The molecule has 1 aromatic heterocycles. The van der Waals surface area contributed by atoms with Crippen molar-refractivity contribution in [3.63, 3.8) is 0 Å². The lowest BCUT2D eigenvalue weighted by atomic mass is 10.1. The fourth-order valence-electron chi connectivity index (χ4n) is 2.22. The number of hydrogen-bond donors (Lipinski definition) is 1. The molecule has 5 nitrogen and oxygen atoms in total. The maximum Gasteiger partial charge on any atom is 0.266 e. The number of nitrogens with one attached hydrogen (secondary N) is 1. The molecule has 0 atom stereocenters. The molecule has 0 spiro atoms. The van der Waals surface area contributed by atoms with Crippen LogP contribution in [0.15, 0.2) is 58.9 Å². The lowest BCUT2D eigenvalue weighted by Gasteiger charge is -2.07. The van der Waals surface area contributed by atoms with Crippen LogP contribution in [0, 0.1) is 11.3 Å². The number of thiazole rings is 1. The van der Waals surface area contributed by atoms with Gasteiger partial charge in [0.05, 0.1) is 21.9 Å². The molecule has 1 amide bonds. The highest BCUT2D eigenvalue weighted by molar-refractivity contribution is 7.07. The molecule has 0 aliphatic carbocycles. The minimum atomic E-state index is -0.560. The summed E-state index contributed by atoms with van der Waals surface area (Å²) in [4.78, 5) is 16.5. The molecule has 28 heavy (non-hydrogen) atoms. The Morgan fingerprint density at radius 1 is 1.25 bits per heavy atom. The Morgan fingerprint density at radius 3 is 2.68 bits per heavy atom. The molecular weight excluding hydrogens is 417 g/mol. The Balaban J connectivity index is 1.67. The number of rotatable bonds is 6. The zero-order valence-corrected chi connectivity index (χ0v) is 16.7. The molecular formula is C20H13Cl2N3O2S. The van der Waals surface area contributed by atoms with Crippen LogP contribution < -0.4 is 10.1 Å². The van der Waals surface area contributed by atoms with Gasteiger partial charge in [0.2, 0.25) is 0 Å². The molecule has 0 aliphatic rings. The predicted octanol–water partition coefficient (Wildman–Crippen LogP) is 5.57. The summed E-state index contributed by atoms with van der Waals surface area (Å²) in [5, 5.41) is 14.6. The molecule has 0 saturated carbocycles. The number of carbonyl (C=O) groups excluding carboxylic acids is 1. The molecule has 3 rings (SSSR count). The first-order valence-corrected chi connectivity index (χ1v) is 9.73. The first-order valence-electron chi connectivity index (χ1n) is 8.03. The summed E-state index contributed by atoms with van der Waals surface area (Å²) in [6.45, 7) is 0.381. The summed E-state index contributed by atoms with van der Waals surface area (Å²) in [5.41, 5.74) is 3.62. The summed E-state index contributed by atoms with van der Waals surface area (Å²) in [6, 6.07) is 13.6. The van der Waals surface area contributed by atoms with Crippen molar-refractivity contribution in [2.24, 2.45) is 0 Å². The van der Waals surface area contributed by atoms with Gasteiger partial charge in [-0.3, -0.25) is 4.79 Å². The number of anilines is 1. The first-order chi connectivity index (χ1) is 13.5. The molecule has 2 aromatic carbocycles. The fraction of sp³-hybridized carbons (Fsp3) is 0.0500. The standard InChI is InChI=1S/C20H13Cl2N3O2S/c21-15-3-6-19(18(22)8-15)25-20(26)14(9-23)7-13-1-4-17(5-2-13)27-10-16-11-28-12-24-16/h1-8,11-12H,10H2,(H,25,26)/b14-7+. The zero-order chi connectivity index (χ0) is 19.9. The number of benzene rings is 2. The molecule has 3 aromatic rings. The van der Waals surface area contributed by atoms with E-state index in [1.807, 2.05) is 11.4 Å². The number of aromatic nitrogens is 1. The number of ether oxygens (including phenoxy) is 1. The van der Waals surface area contributed by atoms with Gasteiger partial charge in [-0.1, -0.05) is 35.3 Å². The van der Waals surface area contributed by atoms with Crippen molar-refractivity contribution >= 4 is 52.2 Å². The van der Waals surface area contributed by atoms with Crippen molar-refractivity contribution in [1.29, 1.82) is 5.26 Å². The number of hydrogen-bond acceptors (Lipinski definition) is 5. The van der Waals surface area contributed by atoms with Gasteiger partial charge in [0.15, 0.2) is 0 Å². The highest BCUT2D eigenvalue weighted by Gasteiger charge is 2.12. The molecule has 0 fully saturated rings. The third kappa shape index (κ3) is 5.33. The molecule has 1 heterocycles. The summed E-state index contributed by atoms with van der Waals surface area (Å²) >= 11 is 13.4. The van der Waals surface area contributed by atoms with Crippen LogP contribution in [0.25, 0.3) is 6.08 Å². The van der Waals surface area contributed by atoms with E-state index in [2.05, 4.69) is 10.3 Å². The van der Waals surface area contributed by atoms with Gasteiger partial charge in [-0.05, 0) is 42.0 Å². The average Bonchev–Trinajstić information content (AvgIpc) is 3.21. The van der Waals surface area contributed by atoms with E-state index in [9.17, 15) is 10.1 Å². The van der Waals surface area contributed by atoms with Crippen LogP contribution in [0.2, 0.25) is 10.0 Å². The topological polar surface area (TPSA) is 75.0 Å². The number of nitrogens with zero attached hydrogens (tertiary/aromatic N) is 2. The first kappa shape index (κ1) is 19.9. The lowest BCUT2D eigenvalue weighted by molar-refractivity contribution is -0.112. The van der Waals surface area contributed by atoms with E-state index in [1.165, 1.54) is 23.5 Å². The van der Waals surface area contributed by atoms with Gasteiger partial charge in [-0.15, -0.1) is 11.3 Å². The van der Waals surface area contributed by atoms with E-state index >= 15 is 0 Å². The van der Waals surface area contributed by atoms with E-state index in [1.54, 1.807) is 41.9 Å². The largest absolute Gasteiger partial charge is 0.487 e. The normalized spacial score (nSPS) is 11.0. The van der Waals surface area contributed by atoms with Crippen molar-refractivity contribution in [3.8, 4) is 11.8 Å². The Labute approximate surface area is 175 Å². The zero-order valence-electron chi connectivity index (χ0n) is 14.4. The quantitative estimate of drug-likeness (QED) is 0.410. The maximum absolute atomic E-state index is 12.4. The van der Waals surface area contributed by atoms with E-state index in [-0.39, 0.29) is 5.57 Å². The maximum atomic E-state index is 12.4. The molecule has 8 heteroatoms. The highest BCUT2D eigenvalue weighted by atomic mass is 35.5. The van der Waals surface area contributed by atoms with Gasteiger partial charge in [0.25, 0.3) is 5.91 Å². The van der Waals surface area contributed by atoms with E-state index < -0.39 is 5.91 Å². The van der Waals surface area contributed by atoms with Gasteiger partial charge in [-0.2, -0.15) is 5.26 Å². The number of amides is 1. The second-order valence-electron chi connectivity index (χ2n) is 5.59. The predicted molar refractivity (Wildman–Crippen MR) is 112 cm³/mol. The Hall–Kier alpha value is -2.85. The smallest absolute Gasteiger partial charge is 0.266 e. The number of carbonyl (C=O) groups is 1. The number of nitriles is 1. The van der Waals surface area contributed by atoms with Gasteiger partial charge < -0.3 is 10.1 Å². The average molecular weight is 430 g/mol. The SMILES string of the molecule is N#C/C(=C\c1ccc(OCc2cscn2)cc1)C(=O)Nc1ccc(Cl)cc1Cl. The van der Waals surface area contributed by atoms with Crippen LogP contribution >= 0.6 is 34.5 Å². The summed E-state index contributed by atoms with van der Waals surface area (Å²) < 4.78 is 5.64. The van der Waals surface area contributed by atoms with E-state index in [0.717, 1.165) is 5.69 Å².